The molecule has 0 aromatic carbocycles. The molecule has 1 heterocycles. The molecule has 0 amide bonds. The number of anilines is 1. The van der Waals surface area contributed by atoms with Gasteiger partial charge in [-0.3, -0.25) is 9.89 Å². The first-order valence-corrected chi connectivity index (χ1v) is 4.60. The molecule has 0 saturated heterocycles. The van der Waals surface area contributed by atoms with Gasteiger partial charge < -0.3 is 5.73 Å². The van der Waals surface area contributed by atoms with Crippen LogP contribution in [0.4, 0.5) is 5.82 Å². The lowest BCUT2D eigenvalue weighted by atomic mass is 10.4. The summed E-state index contributed by atoms with van der Waals surface area (Å²) in [7, 11) is 0. The van der Waals surface area contributed by atoms with Gasteiger partial charge in [0.2, 0.25) is 0 Å². The highest BCUT2D eigenvalue weighted by atomic mass is 32.2. The van der Waals surface area contributed by atoms with Crippen LogP contribution in [0, 0.1) is 11.8 Å². The van der Waals surface area contributed by atoms with E-state index in [1.165, 1.54) is 18.7 Å². The second-order valence-corrected chi connectivity index (χ2v) is 3.44. The monoisotopic (exact) mass is 195 g/mol. The third-order valence-electron chi connectivity index (χ3n) is 1.17. The molecule has 0 bridgehead atoms. The van der Waals surface area contributed by atoms with E-state index < -0.39 is 0 Å². The predicted molar refractivity (Wildman–Crippen MR) is 53.0 cm³/mol. The average molecular weight is 195 g/mol. The third-order valence-corrected chi connectivity index (χ3v) is 1.86. The number of nitrogens with zero attached hydrogens (tertiary/aromatic N) is 1. The van der Waals surface area contributed by atoms with E-state index in [2.05, 4.69) is 22.0 Å². The van der Waals surface area contributed by atoms with Crippen molar-refractivity contribution >= 4 is 22.7 Å². The SMILES string of the molecule is CC(=O)SCC#Cc1cc(N)n[nH]1. The molecule has 5 heteroatoms. The van der Waals surface area contributed by atoms with Gasteiger partial charge in [0.25, 0.3) is 0 Å². The van der Waals surface area contributed by atoms with E-state index in [4.69, 9.17) is 5.73 Å². The van der Waals surface area contributed by atoms with E-state index in [-0.39, 0.29) is 5.12 Å². The summed E-state index contributed by atoms with van der Waals surface area (Å²) in [6, 6.07) is 1.64. The summed E-state index contributed by atoms with van der Waals surface area (Å²) in [6.07, 6.45) is 0. The molecule has 0 atom stereocenters. The number of rotatable bonds is 1. The first-order valence-electron chi connectivity index (χ1n) is 3.61. The zero-order valence-corrected chi connectivity index (χ0v) is 7.94. The fraction of sp³-hybridized carbons (Fsp3) is 0.250. The Bertz CT molecular complexity index is 361. The van der Waals surface area contributed by atoms with Crippen molar-refractivity contribution in [3.8, 4) is 11.8 Å². The number of nitrogen functional groups attached to an aromatic ring is 1. The van der Waals surface area contributed by atoms with Crippen LogP contribution in [0.1, 0.15) is 12.6 Å². The van der Waals surface area contributed by atoms with Crippen LogP contribution in [0.2, 0.25) is 0 Å². The summed E-state index contributed by atoms with van der Waals surface area (Å²) in [6.45, 7) is 1.51. The molecule has 0 spiro atoms. The molecule has 0 aliphatic carbocycles. The number of carbonyl (C=O) groups excluding carboxylic acids is 1. The van der Waals surface area contributed by atoms with Crippen LogP contribution in [-0.4, -0.2) is 21.1 Å². The van der Waals surface area contributed by atoms with Crippen molar-refractivity contribution in [2.24, 2.45) is 0 Å². The molecule has 1 aromatic heterocycles. The smallest absolute Gasteiger partial charge is 0.186 e. The minimum Gasteiger partial charge on any atom is -0.382 e. The molecule has 13 heavy (non-hydrogen) atoms. The van der Waals surface area contributed by atoms with Gasteiger partial charge in [0.05, 0.1) is 5.75 Å². The topological polar surface area (TPSA) is 71.8 Å². The molecule has 0 saturated carbocycles. The van der Waals surface area contributed by atoms with Gasteiger partial charge in [-0.2, -0.15) is 5.10 Å². The van der Waals surface area contributed by atoms with Crippen LogP contribution in [0.25, 0.3) is 0 Å². The maximum Gasteiger partial charge on any atom is 0.186 e. The van der Waals surface area contributed by atoms with Crippen molar-refractivity contribution in [1.29, 1.82) is 0 Å². The van der Waals surface area contributed by atoms with Gasteiger partial charge in [0.1, 0.15) is 11.5 Å². The van der Waals surface area contributed by atoms with E-state index in [1.54, 1.807) is 6.07 Å². The molecule has 4 nitrogen and oxygen atoms in total. The first-order chi connectivity index (χ1) is 6.18. The molecule has 3 N–H and O–H groups in total. The zero-order chi connectivity index (χ0) is 9.68. The zero-order valence-electron chi connectivity index (χ0n) is 7.13. The van der Waals surface area contributed by atoms with Crippen molar-refractivity contribution in [3.63, 3.8) is 0 Å². The van der Waals surface area contributed by atoms with Crippen LogP contribution in [0.3, 0.4) is 0 Å². The molecular weight excluding hydrogens is 186 g/mol. The van der Waals surface area contributed by atoms with Crippen molar-refractivity contribution in [2.75, 3.05) is 11.5 Å². The summed E-state index contributed by atoms with van der Waals surface area (Å²) in [5.41, 5.74) is 6.03. The Morgan fingerprint density at radius 3 is 3.15 bits per heavy atom. The summed E-state index contributed by atoms with van der Waals surface area (Å²) in [5, 5.41) is 6.43. The van der Waals surface area contributed by atoms with Crippen LogP contribution >= 0.6 is 11.8 Å². The summed E-state index contributed by atoms with van der Waals surface area (Å²) >= 11 is 1.18. The van der Waals surface area contributed by atoms with Gasteiger partial charge in [-0.15, -0.1) is 0 Å². The Morgan fingerprint density at radius 2 is 2.62 bits per heavy atom. The highest BCUT2D eigenvalue weighted by molar-refractivity contribution is 8.13. The normalized spacial score (nSPS) is 9.00. The van der Waals surface area contributed by atoms with Gasteiger partial charge in [-0.1, -0.05) is 17.7 Å². The molecule has 0 aliphatic heterocycles. The van der Waals surface area contributed by atoms with Crippen LogP contribution < -0.4 is 5.73 Å². The largest absolute Gasteiger partial charge is 0.382 e. The maximum atomic E-state index is 10.5. The number of carbonyl (C=O) groups is 1. The maximum absolute atomic E-state index is 10.5. The fourth-order valence-corrected chi connectivity index (χ4v) is 1.02. The highest BCUT2D eigenvalue weighted by Gasteiger charge is 1.92. The second-order valence-electron chi connectivity index (χ2n) is 2.29. The predicted octanol–water partition coefficient (Wildman–Crippen LogP) is 0.623. The lowest BCUT2D eigenvalue weighted by Crippen LogP contribution is -1.82. The number of nitrogens with two attached hydrogens (primary N) is 1. The molecule has 0 radical (unpaired) electrons. The molecular formula is C8H9N3OS. The van der Waals surface area contributed by atoms with Crippen molar-refractivity contribution in [1.82, 2.24) is 10.2 Å². The average Bonchev–Trinajstić information content (AvgIpc) is 2.45. The Balaban J connectivity index is 2.44. The highest BCUT2D eigenvalue weighted by Crippen LogP contribution is 2.00. The van der Waals surface area contributed by atoms with Crippen LogP contribution in [-0.2, 0) is 4.79 Å². The molecule has 0 unspecified atom stereocenters. The van der Waals surface area contributed by atoms with E-state index in [0.29, 0.717) is 17.3 Å². The van der Waals surface area contributed by atoms with Gasteiger partial charge in [-0.05, 0) is 5.92 Å². The van der Waals surface area contributed by atoms with Gasteiger partial charge in [0.15, 0.2) is 5.12 Å². The Kier molecular flexibility index (Phi) is 3.41. The third kappa shape index (κ3) is 3.67. The van der Waals surface area contributed by atoms with E-state index in [0.717, 1.165) is 0 Å². The Labute approximate surface area is 80.3 Å². The molecule has 0 fully saturated rings. The van der Waals surface area contributed by atoms with Crippen LogP contribution in [0.5, 0.6) is 0 Å². The van der Waals surface area contributed by atoms with Crippen molar-refractivity contribution in [2.45, 2.75) is 6.92 Å². The van der Waals surface area contributed by atoms with E-state index in [1.807, 2.05) is 0 Å². The lowest BCUT2D eigenvalue weighted by molar-refractivity contribution is -0.109. The molecule has 1 rings (SSSR count). The summed E-state index contributed by atoms with van der Waals surface area (Å²) in [4.78, 5) is 10.5. The molecule has 0 aliphatic rings. The minimum atomic E-state index is 0.0680. The number of nitrogens with one attached hydrogen (secondary N) is 1. The van der Waals surface area contributed by atoms with Gasteiger partial charge in [0, 0.05) is 13.0 Å². The number of H-pyrrole nitrogens is 1. The fourth-order valence-electron chi connectivity index (χ4n) is 0.670. The number of aromatic amines is 1. The number of hydrogen-bond acceptors (Lipinski definition) is 4. The van der Waals surface area contributed by atoms with Crippen LogP contribution in [0.15, 0.2) is 6.07 Å². The van der Waals surface area contributed by atoms with Gasteiger partial charge >= 0.3 is 0 Å². The Hall–Kier alpha value is -1.41. The number of thioether (sulfide) groups is 1. The standard InChI is InChI=1S/C8H9N3OS/c1-6(12)13-4-2-3-7-5-8(9)11-10-7/h5H,4H2,1H3,(H3,9,10,11). The van der Waals surface area contributed by atoms with Gasteiger partial charge in [-0.25, -0.2) is 0 Å². The quantitative estimate of drug-likeness (QED) is 0.644. The number of hydrogen-bond donors (Lipinski definition) is 2. The Morgan fingerprint density at radius 1 is 1.85 bits per heavy atom. The molecule has 1 aromatic rings. The van der Waals surface area contributed by atoms with Crippen molar-refractivity contribution in [3.05, 3.63) is 11.8 Å². The second kappa shape index (κ2) is 4.58. The molecule has 68 valence electrons. The van der Waals surface area contributed by atoms with E-state index >= 15 is 0 Å². The van der Waals surface area contributed by atoms with E-state index in [9.17, 15) is 4.79 Å². The summed E-state index contributed by atoms with van der Waals surface area (Å²) < 4.78 is 0. The number of aromatic nitrogens is 2. The minimum absolute atomic E-state index is 0.0680. The summed E-state index contributed by atoms with van der Waals surface area (Å²) in [5.74, 6) is 6.53. The first kappa shape index (κ1) is 9.68. The lowest BCUT2D eigenvalue weighted by Gasteiger charge is -1.83. The van der Waals surface area contributed by atoms with Crippen molar-refractivity contribution < 1.29 is 4.79 Å².